The minimum Gasteiger partial charge on any atom is -0.497 e. The molecule has 20 heavy (non-hydrogen) atoms. The Morgan fingerprint density at radius 1 is 1.25 bits per heavy atom. The number of rotatable bonds is 6. The molecule has 5 heteroatoms. The molecule has 106 valence electrons. The first kappa shape index (κ1) is 14.8. The van der Waals surface area contributed by atoms with Crippen LogP contribution >= 0.6 is 15.9 Å². The molecular formula is C15H17BrN2O2. The SMILES string of the molecule is COc1ccc(OCc2ccc(Br)cn2)c(CCN)c1. The van der Waals surface area contributed by atoms with Crippen LogP contribution in [0.2, 0.25) is 0 Å². The maximum absolute atomic E-state index is 5.83. The smallest absolute Gasteiger partial charge is 0.130 e. The number of nitrogens with zero attached hydrogens (tertiary/aromatic N) is 1. The predicted octanol–water partition coefficient (Wildman–Crippen LogP) is 2.93. The zero-order chi connectivity index (χ0) is 14.4. The van der Waals surface area contributed by atoms with Gasteiger partial charge in [-0.05, 0) is 64.8 Å². The van der Waals surface area contributed by atoms with E-state index in [4.69, 9.17) is 15.2 Å². The number of halogens is 1. The molecule has 2 rings (SSSR count). The minimum absolute atomic E-state index is 0.428. The summed E-state index contributed by atoms with van der Waals surface area (Å²) in [4.78, 5) is 4.28. The molecule has 1 aromatic heterocycles. The van der Waals surface area contributed by atoms with E-state index in [0.29, 0.717) is 13.2 Å². The third-order valence-corrected chi connectivity index (χ3v) is 3.31. The number of ether oxygens (including phenoxy) is 2. The normalized spacial score (nSPS) is 10.3. The lowest BCUT2D eigenvalue weighted by Crippen LogP contribution is -2.06. The highest BCUT2D eigenvalue weighted by molar-refractivity contribution is 9.10. The van der Waals surface area contributed by atoms with Crippen LogP contribution in [0, 0.1) is 0 Å². The maximum atomic E-state index is 5.83. The molecule has 0 fully saturated rings. The number of pyridine rings is 1. The number of benzene rings is 1. The molecule has 0 aliphatic heterocycles. The van der Waals surface area contributed by atoms with E-state index in [0.717, 1.165) is 33.6 Å². The van der Waals surface area contributed by atoms with Crippen molar-refractivity contribution in [1.82, 2.24) is 4.98 Å². The van der Waals surface area contributed by atoms with Crippen LogP contribution in [-0.2, 0) is 13.0 Å². The van der Waals surface area contributed by atoms with Crippen LogP contribution in [0.5, 0.6) is 11.5 Å². The fourth-order valence-corrected chi connectivity index (χ4v) is 2.05. The second-order valence-corrected chi connectivity index (χ2v) is 5.18. The standard InChI is InChI=1S/C15H17BrN2O2/c1-19-14-4-5-15(11(8-14)6-7-17)20-10-13-3-2-12(16)9-18-13/h2-5,8-9H,6-7,10,17H2,1H3. The van der Waals surface area contributed by atoms with Gasteiger partial charge in [0.1, 0.15) is 18.1 Å². The third-order valence-electron chi connectivity index (χ3n) is 2.85. The van der Waals surface area contributed by atoms with Crippen molar-refractivity contribution < 1.29 is 9.47 Å². The summed E-state index contributed by atoms with van der Waals surface area (Å²) in [7, 11) is 1.65. The van der Waals surface area contributed by atoms with Gasteiger partial charge in [0.25, 0.3) is 0 Å². The fourth-order valence-electron chi connectivity index (χ4n) is 1.82. The van der Waals surface area contributed by atoms with Crippen LogP contribution in [0.1, 0.15) is 11.3 Å². The largest absolute Gasteiger partial charge is 0.497 e. The molecule has 0 unspecified atom stereocenters. The molecule has 0 amide bonds. The molecule has 2 N–H and O–H groups in total. The van der Waals surface area contributed by atoms with E-state index in [-0.39, 0.29) is 0 Å². The highest BCUT2D eigenvalue weighted by atomic mass is 79.9. The van der Waals surface area contributed by atoms with Gasteiger partial charge in [-0.15, -0.1) is 0 Å². The highest BCUT2D eigenvalue weighted by Gasteiger charge is 2.06. The zero-order valence-corrected chi connectivity index (χ0v) is 12.9. The number of methoxy groups -OCH3 is 1. The molecular weight excluding hydrogens is 320 g/mol. The lowest BCUT2D eigenvalue weighted by Gasteiger charge is -2.12. The van der Waals surface area contributed by atoms with Crippen LogP contribution < -0.4 is 15.2 Å². The Morgan fingerprint density at radius 2 is 2.10 bits per heavy atom. The highest BCUT2D eigenvalue weighted by Crippen LogP contribution is 2.25. The molecule has 0 aliphatic rings. The van der Waals surface area contributed by atoms with Gasteiger partial charge in [-0.25, -0.2) is 0 Å². The first-order valence-corrected chi connectivity index (χ1v) is 7.12. The molecule has 1 heterocycles. The van der Waals surface area contributed by atoms with E-state index in [1.807, 2.05) is 30.3 Å². The molecule has 0 saturated heterocycles. The molecule has 4 nitrogen and oxygen atoms in total. The maximum Gasteiger partial charge on any atom is 0.130 e. The molecule has 0 spiro atoms. The number of hydrogen-bond donors (Lipinski definition) is 1. The lowest BCUT2D eigenvalue weighted by atomic mass is 10.1. The third kappa shape index (κ3) is 3.95. The Kier molecular flexibility index (Phi) is 5.38. The van der Waals surface area contributed by atoms with E-state index >= 15 is 0 Å². The first-order valence-electron chi connectivity index (χ1n) is 6.33. The summed E-state index contributed by atoms with van der Waals surface area (Å²) in [6.45, 7) is 0.997. The van der Waals surface area contributed by atoms with Gasteiger partial charge < -0.3 is 15.2 Å². The summed E-state index contributed by atoms with van der Waals surface area (Å²) in [5.41, 5.74) is 7.55. The van der Waals surface area contributed by atoms with Crippen LogP contribution in [0.15, 0.2) is 41.0 Å². The van der Waals surface area contributed by atoms with Crippen molar-refractivity contribution in [1.29, 1.82) is 0 Å². The van der Waals surface area contributed by atoms with Crippen molar-refractivity contribution in [2.45, 2.75) is 13.0 Å². The van der Waals surface area contributed by atoms with Gasteiger partial charge in [0.15, 0.2) is 0 Å². The van der Waals surface area contributed by atoms with Gasteiger partial charge in [-0.3, -0.25) is 4.98 Å². The molecule has 2 aromatic rings. The van der Waals surface area contributed by atoms with Crippen molar-refractivity contribution >= 4 is 15.9 Å². The summed E-state index contributed by atoms with van der Waals surface area (Å²) in [6.07, 6.45) is 2.51. The summed E-state index contributed by atoms with van der Waals surface area (Å²) in [5.74, 6) is 1.63. The Bertz CT molecular complexity index is 558. The number of aromatic nitrogens is 1. The Morgan fingerprint density at radius 3 is 2.75 bits per heavy atom. The fraction of sp³-hybridized carbons (Fsp3) is 0.267. The van der Waals surface area contributed by atoms with Crippen molar-refractivity contribution in [3.63, 3.8) is 0 Å². The molecule has 0 aliphatic carbocycles. The average molecular weight is 337 g/mol. The van der Waals surface area contributed by atoms with E-state index < -0.39 is 0 Å². The van der Waals surface area contributed by atoms with E-state index in [1.165, 1.54) is 0 Å². The van der Waals surface area contributed by atoms with Crippen molar-refractivity contribution in [2.24, 2.45) is 5.73 Å². The Labute approximate surface area is 127 Å². The molecule has 0 saturated carbocycles. The van der Waals surface area contributed by atoms with Crippen LogP contribution in [-0.4, -0.2) is 18.6 Å². The van der Waals surface area contributed by atoms with Crippen LogP contribution in [0.25, 0.3) is 0 Å². The van der Waals surface area contributed by atoms with Gasteiger partial charge in [-0.1, -0.05) is 0 Å². The average Bonchev–Trinajstić information content (AvgIpc) is 2.48. The van der Waals surface area contributed by atoms with Gasteiger partial charge in [0, 0.05) is 10.7 Å². The Balaban J connectivity index is 2.09. The van der Waals surface area contributed by atoms with Crippen molar-refractivity contribution in [2.75, 3.05) is 13.7 Å². The summed E-state index contributed by atoms with van der Waals surface area (Å²) >= 11 is 3.36. The van der Waals surface area contributed by atoms with Crippen LogP contribution in [0.4, 0.5) is 0 Å². The number of hydrogen-bond acceptors (Lipinski definition) is 4. The van der Waals surface area contributed by atoms with Gasteiger partial charge in [-0.2, -0.15) is 0 Å². The molecule has 0 radical (unpaired) electrons. The quantitative estimate of drug-likeness (QED) is 0.881. The topological polar surface area (TPSA) is 57.4 Å². The first-order chi connectivity index (χ1) is 9.72. The molecule has 0 atom stereocenters. The molecule has 0 bridgehead atoms. The monoisotopic (exact) mass is 336 g/mol. The second-order valence-electron chi connectivity index (χ2n) is 4.27. The predicted molar refractivity (Wildman–Crippen MR) is 82.0 cm³/mol. The van der Waals surface area contributed by atoms with Crippen molar-refractivity contribution in [3.05, 3.63) is 52.3 Å². The van der Waals surface area contributed by atoms with E-state index in [1.54, 1.807) is 13.3 Å². The second kappa shape index (κ2) is 7.26. The lowest BCUT2D eigenvalue weighted by molar-refractivity contribution is 0.297. The Hall–Kier alpha value is -1.59. The summed E-state index contributed by atoms with van der Waals surface area (Å²) < 4.78 is 12.0. The van der Waals surface area contributed by atoms with Crippen molar-refractivity contribution in [3.8, 4) is 11.5 Å². The summed E-state index contributed by atoms with van der Waals surface area (Å²) in [5, 5.41) is 0. The zero-order valence-electron chi connectivity index (χ0n) is 11.3. The number of nitrogens with two attached hydrogens (primary N) is 1. The van der Waals surface area contributed by atoms with Crippen LogP contribution in [0.3, 0.4) is 0 Å². The van der Waals surface area contributed by atoms with E-state index in [9.17, 15) is 0 Å². The van der Waals surface area contributed by atoms with Gasteiger partial charge in [0.2, 0.25) is 0 Å². The molecule has 1 aromatic carbocycles. The minimum atomic E-state index is 0.428. The van der Waals surface area contributed by atoms with Gasteiger partial charge in [0.05, 0.1) is 12.8 Å². The van der Waals surface area contributed by atoms with E-state index in [2.05, 4.69) is 20.9 Å². The van der Waals surface area contributed by atoms with Gasteiger partial charge >= 0.3 is 0 Å². The summed E-state index contributed by atoms with van der Waals surface area (Å²) in [6, 6.07) is 9.61.